The maximum absolute atomic E-state index is 13.4. The van der Waals surface area contributed by atoms with Gasteiger partial charge in [-0.15, -0.1) is 0 Å². The Labute approximate surface area is 153 Å². The lowest BCUT2D eigenvalue weighted by Gasteiger charge is -2.16. The van der Waals surface area contributed by atoms with Crippen LogP contribution in [0.1, 0.15) is 25.0 Å². The van der Waals surface area contributed by atoms with Crippen LogP contribution < -0.4 is 4.74 Å². The Morgan fingerprint density at radius 3 is 2.33 bits per heavy atom. The van der Waals surface area contributed by atoms with Crippen LogP contribution in [-0.4, -0.2) is 21.4 Å². The zero-order valence-electron chi connectivity index (χ0n) is 14.6. The number of aliphatic hydroxyl groups is 1. The van der Waals surface area contributed by atoms with Gasteiger partial charge in [-0.2, -0.15) is 18.2 Å². The lowest BCUT2D eigenvalue weighted by molar-refractivity contribution is -0.139. The van der Waals surface area contributed by atoms with Gasteiger partial charge in [0.1, 0.15) is 5.75 Å². The van der Waals surface area contributed by atoms with Crippen molar-refractivity contribution in [1.82, 2.24) is 10.1 Å². The van der Waals surface area contributed by atoms with E-state index in [1.165, 1.54) is 12.1 Å². The summed E-state index contributed by atoms with van der Waals surface area (Å²) in [6.45, 7) is 3.21. The number of hydrogen-bond acceptors (Lipinski definition) is 5. The van der Waals surface area contributed by atoms with E-state index in [0.29, 0.717) is 5.56 Å². The number of rotatable bonds is 5. The Morgan fingerprint density at radius 2 is 1.74 bits per heavy atom. The van der Waals surface area contributed by atoms with Gasteiger partial charge in [0.15, 0.2) is 0 Å². The van der Waals surface area contributed by atoms with E-state index >= 15 is 0 Å². The van der Waals surface area contributed by atoms with E-state index in [9.17, 15) is 13.2 Å². The standard InChI is InChI=1S/C19H17F3N2O3/c1-11(2)26-16-8-7-14(9-15(16)19(20,21)22)18-23-17(24-27-18)13-5-3-12(10-25)4-6-13/h3-9,11,25H,10H2,1-2H3. The van der Waals surface area contributed by atoms with Gasteiger partial charge in [0.05, 0.1) is 18.3 Å². The van der Waals surface area contributed by atoms with Crippen LogP contribution in [-0.2, 0) is 12.8 Å². The minimum Gasteiger partial charge on any atom is -0.490 e. The van der Waals surface area contributed by atoms with Crippen LogP contribution in [0.4, 0.5) is 13.2 Å². The summed E-state index contributed by atoms with van der Waals surface area (Å²) >= 11 is 0. The monoisotopic (exact) mass is 378 g/mol. The quantitative estimate of drug-likeness (QED) is 0.697. The molecule has 0 aliphatic heterocycles. The van der Waals surface area contributed by atoms with Crippen molar-refractivity contribution in [1.29, 1.82) is 0 Å². The molecule has 0 saturated carbocycles. The molecular formula is C19H17F3N2O3. The molecule has 5 nitrogen and oxygen atoms in total. The predicted molar refractivity (Wildman–Crippen MR) is 91.9 cm³/mol. The van der Waals surface area contributed by atoms with Crippen LogP contribution in [0.3, 0.4) is 0 Å². The minimum atomic E-state index is -4.58. The van der Waals surface area contributed by atoms with E-state index in [-0.39, 0.29) is 29.6 Å². The molecule has 0 amide bonds. The highest BCUT2D eigenvalue weighted by Gasteiger charge is 2.35. The van der Waals surface area contributed by atoms with Crippen LogP contribution in [0, 0.1) is 0 Å². The third-order valence-electron chi connectivity index (χ3n) is 3.72. The lowest BCUT2D eigenvalue weighted by Crippen LogP contribution is -2.13. The molecule has 1 heterocycles. The highest BCUT2D eigenvalue weighted by molar-refractivity contribution is 5.62. The molecule has 2 aromatic carbocycles. The zero-order valence-corrected chi connectivity index (χ0v) is 14.6. The van der Waals surface area contributed by atoms with Gasteiger partial charge in [0, 0.05) is 11.1 Å². The first-order valence-corrected chi connectivity index (χ1v) is 8.20. The molecule has 0 aliphatic rings. The van der Waals surface area contributed by atoms with E-state index in [0.717, 1.165) is 11.6 Å². The minimum absolute atomic E-state index is 0.0298. The van der Waals surface area contributed by atoms with Crippen molar-refractivity contribution in [3.05, 3.63) is 53.6 Å². The van der Waals surface area contributed by atoms with Gasteiger partial charge in [0.2, 0.25) is 5.82 Å². The molecular weight excluding hydrogens is 361 g/mol. The van der Waals surface area contributed by atoms with Crippen LogP contribution in [0.2, 0.25) is 0 Å². The van der Waals surface area contributed by atoms with Crippen molar-refractivity contribution in [3.63, 3.8) is 0 Å². The van der Waals surface area contributed by atoms with E-state index < -0.39 is 17.8 Å². The van der Waals surface area contributed by atoms with Gasteiger partial charge >= 0.3 is 6.18 Å². The Hall–Kier alpha value is -2.87. The molecule has 0 unspecified atom stereocenters. The number of ether oxygens (including phenoxy) is 1. The van der Waals surface area contributed by atoms with Gasteiger partial charge in [-0.25, -0.2) is 0 Å². The number of nitrogens with zero attached hydrogens (tertiary/aromatic N) is 2. The fraction of sp³-hybridized carbons (Fsp3) is 0.263. The van der Waals surface area contributed by atoms with Crippen molar-refractivity contribution in [3.8, 4) is 28.6 Å². The maximum Gasteiger partial charge on any atom is 0.419 e. The van der Waals surface area contributed by atoms with E-state index in [1.807, 2.05) is 0 Å². The Balaban J connectivity index is 1.95. The van der Waals surface area contributed by atoms with Gasteiger partial charge in [0.25, 0.3) is 5.89 Å². The summed E-state index contributed by atoms with van der Waals surface area (Å²) in [4.78, 5) is 4.17. The SMILES string of the molecule is CC(C)Oc1ccc(-c2nc(-c3ccc(CO)cc3)no2)cc1C(F)(F)F. The highest BCUT2D eigenvalue weighted by Crippen LogP contribution is 2.39. The third kappa shape index (κ3) is 4.28. The third-order valence-corrected chi connectivity index (χ3v) is 3.72. The van der Waals surface area contributed by atoms with Crippen molar-refractivity contribution < 1.29 is 27.5 Å². The van der Waals surface area contributed by atoms with Crippen LogP contribution in [0.25, 0.3) is 22.8 Å². The Bertz CT molecular complexity index is 919. The number of benzene rings is 2. The number of hydrogen-bond donors (Lipinski definition) is 1. The van der Waals surface area contributed by atoms with E-state index in [2.05, 4.69) is 10.1 Å². The molecule has 1 aromatic heterocycles. The highest BCUT2D eigenvalue weighted by atomic mass is 19.4. The fourth-order valence-electron chi connectivity index (χ4n) is 2.46. The Morgan fingerprint density at radius 1 is 1.07 bits per heavy atom. The van der Waals surface area contributed by atoms with Crippen molar-refractivity contribution in [2.24, 2.45) is 0 Å². The molecule has 0 bridgehead atoms. The summed E-state index contributed by atoms with van der Waals surface area (Å²) in [6.07, 6.45) is -4.97. The zero-order chi connectivity index (χ0) is 19.6. The maximum atomic E-state index is 13.4. The fourth-order valence-corrected chi connectivity index (χ4v) is 2.46. The number of aliphatic hydroxyl groups excluding tert-OH is 1. The second kappa shape index (κ2) is 7.40. The lowest BCUT2D eigenvalue weighted by atomic mass is 10.1. The van der Waals surface area contributed by atoms with E-state index in [1.54, 1.807) is 38.1 Å². The van der Waals surface area contributed by atoms with Crippen LogP contribution >= 0.6 is 0 Å². The molecule has 0 radical (unpaired) electrons. The first kappa shape index (κ1) is 18.9. The molecule has 0 atom stereocenters. The summed E-state index contributed by atoms with van der Waals surface area (Å²) in [5, 5.41) is 12.9. The van der Waals surface area contributed by atoms with Crippen molar-refractivity contribution >= 4 is 0 Å². The molecule has 27 heavy (non-hydrogen) atoms. The van der Waals surface area contributed by atoms with Gasteiger partial charge in [-0.3, -0.25) is 0 Å². The smallest absolute Gasteiger partial charge is 0.419 e. The normalized spacial score (nSPS) is 11.8. The summed E-state index contributed by atoms with van der Waals surface area (Å²) < 4.78 is 50.5. The molecule has 3 rings (SSSR count). The van der Waals surface area contributed by atoms with Crippen molar-refractivity contribution in [2.75, 3.05) is 0 Å². The average molecular weight is 378 g/mol. The van der Waals surface area contributed by atoms with Gasteiger partial charge in [-0.05, 0) is 37.6 Å². The molecule has 0 fully saturated rings. The number of aromatic nitrogens is 2. The summed E-state index contributed by atoms with van der Waals surface area (Å²) in [7, 11) is 0. The molecule has 0 saturated heterocycles. The second-order valence-electron chi connectivity index (χ2n) is 6.15. The molecule has 142 valence electrons. The molecule has 0 spiro atoms. The van der Waals surface area contributed by atoms with Crippen LogP contribution in [0.5, 0.6) is 5.75 Å². The molecule has 0 aliphatic carbocycles. The van der Waals surface area contributed by atoms with Crippen LogP contribution in [0.15, 0.2) is 47.0 Å². The van der Waals surface area contributed by atoms with Crippen molar-refractivity contribution in [2.45, 2.75) is 32.7 Å². The summed E-state index contributed by atoms with van der Waals surface area (Å²) in [5.41, 5.74) is 0.584. The Kier molecular flexibility index (Phi) is 5.18. The largest absolute Gasteiger partial charge is 0.490 e. The number of halogens is 3. The second-order valence-corrected chi connectivity index (χ2v) is 6.15. The van der Waals surface area contributed by atoms with E-state index in [4.69, 9.17) is 14.4 Å². The number of alkyl halides is 3. The first-order chi connectivity index (χ1) is 12.8. The average Bonchev–Trinajstić information content (AvgIpc) is 3.11. The topological polar surface area (TPSA) is 68.4 Å². The van der Waals surface area contributed by atoms with Gasteiger partial charge < -0.3 is 14.4 Å². The summed E-state index contributed by atoms with van der Waals surface area (Å²) in [5.74, 6) is -0.0380. The first-order valence-electron chi connectivity index (χ1n) is 8.20. The summed E-state index contributed by atoms with van der Waals surface area (Å²) in [6, 6.07) is 10.4. The van der Waals surface area contributed by atoms with Gasteiger partial charge in [-0.1, -0.05) is 29.4 Å². The molecule has 1 N–H and O–H groups in total. The molecule has 8 heteroatoms. The predicted octanol–water partition coefficient (Wildman–Crippen LogP) is 4.70. The molecule has 3 aromatic rings.